The Morgan fingerprint density at radius 2 is 1.77 bits per heavy atom. The van der Waals surface area contributed by atoms with E-state index < -0.39 is 12.1 Å². The summed E-state index contributed by atoms with van der Waals surface area (Å²) in [5, 5.41) is 9.39. The van der Waals surface area contributed by atoms with E-state index in [1.807, 2.05) is 12.1 Å². The van der Waals surface area contributed by atoms with Gasteiger partial charge in [-0.3, -0.25) is 0 Å². The third-order valence-corrected chi connectivity index (χ3v) is 3.17. The third kappa shape index (κ3) is 3.91. The predicted octanol–water partition coefficient (Wildman–Crippen LogP) is 2.78. The van der Waals surface area contributed by atoms with E-state index in [-0.39, 0.29) is 6.42 Å². The van der Waals surface area contributed by atoms with Crippen LogP contribution >= 0.6 is 0 Å². The first kappa shape index (κ1) is 15.7. The van der Waals surface area contributed by atoms with Crippen LogP contribution in [0.5, 0.6) is 17.2 Å². The first-order valence-electron chi connectivity index (χ1n) is 6.79. The van der Waals surface area contributed by atoms with Gasteiger partial charge < -0.3 is 19.3 Å². The summed E-state index contributed by atoms with van der Waals surface area (Å²) in [5.41, 5.74) is 0.821. The van der Waals surface area contributed by atoms with Gasteiger partial charge in [0, 0.05) is 6.42 Å². The van der Waals surface area contributed by atoms with Gasteiger partial charge in [0.25, 0.3) is 0 Å². The molecule has 0 heterocycles. The summed E-state index contributed by atoms with van der Waals surface area (Å²) in [6.45, 7) is 0. The van der Waals surface area contributed by atoms with Crippen LogP contribution in [0.3, 0.4) is 0 Å². The van der Waals surface area contributed by atoms with Crippen molar-refractivity contribution >= 4 is 5.97 Å². The summed E-state index contributed by atoms with van der Waals surface area (Å²) in [6, 6.07) is 14.2. The number of hydrogen-bond acceptors (Lipinski definition) is 4. The van der Waals surface area contributed by atoms with Crippen molar-refractivity contribution in [1.29, 1.82) is 0 Å². The van der Waals surface area contributed by atoms with Crippen molar-refractivity contribution in [2.45, 2.75) is 12.5 Å². The molecule has 22 heavy (non-hydrogen) atoms. The number of benzene rings is 2. The molecule has 0 amide bonds. The second-order valence-corrected chi connectivity index (χ2v) is 4.65. The molecule has 0 aliphatic rings. The molecule has 0 saturated carbocycles. The molecule has 0 aliphatic carbocycles. The highest BCUT2D eigenvalue weighted by atomic mass is 16.5. The van der Waals surface area contributed by atoms with Crippen molar-refractivity contribution in [2.75, 3.05) is 14.2 Å². The Morgan fingerprint density at radius 3 is 2.41 bits per heavy atom. The Kier molecular flexibility index (Phi) is 5.25. The van der Waals surface area contributed by atoms with Crippen LogP contribution in [0.25, 0.3) is 0 Å². The fourth-order valence-electron chi connectivity index (χ4n) is 2.06. The summed E-state index contributed by atoms with van der Waals surface area (Å²) in [7, 11) is 3.08. The minimum atomic E-state index is -1.03. The van der Waals surface area contributed by atoms with Gasteiger partial charge >= 0.3 is 5.97 Å². The van der Waals surface area contributed by atoms with Crippen LogP contribution in [-0.2, 0) is 11.2 Å². The summed E-state index contributed by atoms with van der Waals surface area (Å²) in [6.07, 6.45) is -0.784. The van der Waals surface area contributed by atoms with Crippen LogP contribution in [0, 0.1) is 0 Å². The van der Waals surface area contributed by atoms with Crippen LogP contribution in [0.1, 0.15) is 5.56 Å². The fraction of sp³-hybridized carbons (Fsp3) is 0.235. The third-order valence-electron chi connectivity index (χ3n) is 3.17. The molecule has 0 aromatic heterocycles. The molecule has 2 aromatic carbocycles. The zero-order valence-electron chi connectivity index (χ0n) is 12.5. The van der Waals surface area contributed by atoms with Crippen molar-refractivity contribution in [2.24, 2.45) is 0 Å². The zero-order valence-corrected chi connectivity index (χ0v) is 12.5. The number of hydrogen-bond donors (Lipinski definition) is 1. The molecule has 0 radical (unpaired) electrons. The maximum absolute atomic E-state index is 11.5. The van der Waals surface area contributed by atoms with E-state index >= 15 is 0 Å². The molecule has 0 aliphatic heterocycles. The lowest BCUT2D eigenvalue weighted by Crippen LogP contribution is -2.29. The maximum atomic E-state index is 11.5. The maximum Gasteiger partial charge on any atom is 0.345 e. The SMILES string of the molecule is COc1cccc(C[C@H](Oc2ccccc2OC)C(=O)O)c1. The highest BCUT2D eigenvalue weighted by Gasteiger charge is 2.21. The van der Waals surface area contributed by atoms with Crippen molar-refractivity contribution < 1.29 is 24.1 Å². The summed E-state index contributed by atoms with van der Waals surface area (Å²) in [5.74, 6) is 0.548. The zero-order chi connectivity index (χ0) is 15.9. The molecular weight excluding hydrogens is 284 g/mol. The van der Waals surface area contributed by atoms with Crippen molar-refractivity contribution in [3.63, 3.8) is 0 Å². The quantitative estimate of drug-likeness (QED) is 0.852. The normalized spacial score (nSPS) is 11.5. The minimum absolute atomic E-state index is 0.227. The predicted molar refractivity (Wildman–Crippen MR) is 81.7 cm³/mol. The van der Waals surface area contributed by atoms with Gasteiger partial charge in [0.2, 0.25) is 0 Å². The monoisotopic (exact) mass is 302 g/mol. The smallest absolute Gasteiger partial charge is 0.345 e. The molecule has 5 nitrogen and oxygen atoms in total. The molecule has 0 unspecified atom stereocenters. The average Bonchev–Trinajstić information content (AvgIpc) is 2.54. The van der Waals surface area contributed by atoms with E-state index in [1.165, 1.54) is 7.11 Å². The molecular formula is C17H18O5. The van der Waals surface area contributed by atoms with E-state index in [1.54, 1.807) is 43.5 Å². The number of carboxylic acid groups (broad SMARTS) is 1. The van der Waals surface area contributed by atoms with E-state index in [0.717, 1.165) is 5.56 Å². The number of rotatable bonds is 7. The molecule has 5 heteroatoms. The molecule has 0 fully saturated rings. The molecule has 1 N–H and O–H groups in total. The van der Waals surface area contributed by atoms with Gasteiger partial charge in [0.05, 0.1) is 14.2 Å². The average molecular weight is 302 g/mol. The lowest BCUT2D eigenvalue weighted by molar-refractivity contribution is -0.145. The van der Waals surface area contributed by atoms with Crippen LogP contribution in [0.15, 0.2) is 48.5 Å². The van der Waals surface area contributed by atoms with Crippen molar-refractivity contribution in [1.82, 2.24) is 0 Å². The van der Waals surface area contributed by atoms with Gasteiger partial charge in [0.15, 0.2) is 17.6 Å². The summed E-state index contributed by atoms with van der Waals surface area (Å²) in [4.78, 5) is 11.5. The second kappa shape index (κ2) is 7.36. The topological polar surface area (TPSA) is 65.0 Å². The first-order valence-corrected chi connectivity index (χ1v) is 6.79. The molecule has 2 rings (SSSR count). The molecule has 0 spiro atoms. The van der Waals surface area contributed by atoms with Gasteiger partial charge in [-0.05, 0) is 29.8 Å². The summed E-state index contributed by atoms with van der Waals surface area (Å²) < 4.78 is 15.9. The highest BCUT2D eigenvalue weighted by molar-refractivity contribution is 5.73. The number of carboxylic acids is 1. The van der Waals surface area contributed by atoms with Gasteiger partial charge in [0.1, 0.15) is 5.75 Å². The Morgan fingerprint density at radius 1 is 1.05 bits per heavy atom. The van der Waals surface area contributed by atoms with Gasteiger partial charge in [-0.25, -0.2) is 4.79 Å². The minimum Gasteiger partial charge on any atom is -0.497 e. The standard InChI is InChI=1S/C17H18O5/c1-20-13-7-5-6-12(10-13)11-16(17(18)19)22-15-9-4-3-8-14(15)21-2/h3-10,16H,11H2,1-2H3,(H,18,19)/t16-/m0/s1. The van der Waals surface area contributed by atoms with Crippen molar-refractivity contribution in [3.05, 3.63) is 54.1 Å². The molecule has 0 saturated heterocycles. The molecule has 0 bridgehead atoms. The Labute approximate surface area is 129 Å². The van der Waals surface area contributed by atoms with E-state index in [2.05, 4.69) is 0 Å². The Bertz CT molecular complexity index is 638. The van der Waals surface area contributed by atoms with Crippen molar-refractivity contribution in [3.8, 4) is 17.2 Å². The van der Waals surface area contributed by atoms with Crippen LogP contribution in [-0.4, -0.2) is 31.4 Å². The van der Waals surface area contributed by atoms with Crippen LogP contribution < -0.4 is 14.2 Å². The first-order chi connectivity index (χ1) is 10.6. The Balaban J connectivity index is 2.18. The van der Waals surface area contributed by atoms with E-state index in [4.69, 9.17) is 14.2 Å². The number of carbonyl (C=O) groups is 1. The molecule has 116 valence electrons. The highest BCUT2D eigenvalue weighted by Crippen LogP contribution is 2.27. The lowest BCUT2D eigenvalue weighted by Gasteiger charge is -2.17. The molecule has 1 atom stereocenters. The Hall–Kier alpha value is -2.69. The van der Waals surface area contributed by atoms with E-state index in [0.29, 0.717) is 17.2 Å². The number of methoxy groups -OCH3 is 2. The lowest BCUT2D eigenvalue weighted by atomic mass is 10.1. The summed E-state index contributed by atoms with van der Waals surface area (Å²) >= 11 is 0. The van der Waals surface area contributed by atoms with Crippen LogP contribution in [0.4, 0.5) is 0 Å². The largest absolute Gasteiger partial charge is 0.497 e. The number of ether oxygens (including phenoxy) is 3. The molecule has 2 aromatic rings. The van der Waals surface area contributed by atoms with Gasteiger partial charge in [-0.15, -0.1) is 0 Å². The number of aliphatic carboxylic acids is 1. The van der Waals surface area contributed by atoms with E-state index in [9.17, 15) is 9.90 Å². The van der Waals surface area contributed by atoms with Gasteiger partial charge in [-0.1, -0.05) is 24.3 Å². The van der Waals surface area contributed by atoms with Gasteiger partial charge in [-0.2, -0.15) is 0 Å². The fourth-order valence-corrected chi connectivity index (χ4v) is 2.06. The number of para-hydroxylation sites is 2. The second-order valence-electron chi connectivity index (χ2n) is 4.65. The van der Waals surface area contributed by atoms with Crippen LogP contribution in [0.2, 0.25) is 0 Å².